The van der Waals surface area contributed by atoms with E-state index in [4.69, 9.17) is 57.6 Å². The van der Waals surface area contributed by atoms with Crippen LogP contribution in [0.15, 0.2) is 30.0 Å². The van der Waals surface area contributed by atoms with E-state index in [1.54, 1.807) is 43.6 Å². The van der Waals surface area contributed by atoms with Crippen LogP contribution in [0.25, 0.3) is 0 Å². The molecule has 0 saturated heterocycles. The predicted octanol–water partition coefficient (Wildman–Crippen LogP) is 6.95. The molecule has 13 heteroatoms. The minimum absolute atomic E-state index is 0.223. The highest BCUT2D eigenvalue weighted by Gasteiger charge is 2.22. The topological polar surface area (TPSA) is 75.3 Å². The van der Waals surface area contributed by atoms with Crippen LogP contribution < -0.4 is 9.84 Å². The standard InChI is InChI=1S/C11H15Cl2O2PS2.C7H14NO4P/c1-3-7-18-16(17,14-4-2)15-11-6-5-9(12)8-10(11)13;1-6(5-7(9)8-2)12-13(10-3)11-4/h5-6,8H,3-4,7H2,1-2H3;5H,1-4H3,(H,8,9)/b;6-5+. The van der Waals surface area contributed by atoms with Crippen molar-refractivity contribution in [3.05, 3.63) is 40.1 Å². The Morgan fingerprint density at radius 2 is 1.94 bits per heavy atom. The molecule has 0 fully saturated rings. The maximum atomic E-state index is 10.8. The van der Waals surface area contributed by atoms with Gasteiger partial charge in [0.1, 0.15) is 11.5 Å². The fourth-order valence-corrected chi connectivity index (χ4v) is 7.45. The van der Waals surface area contributed by atoms with Crippen molar-refractivity contribution in [2.24, 2.45) is 0 Å². The number of nitrogens with one attached hydrogen (secondary N) is 1. The lowest BCUT2D eigenvalue weighted by Crippen LogP contribution is -2.14. The van der Waals surface area contributed by atoms with Crippen molar-refractivity contribution in [2.45, 2.75) is 27.2 Å². The van der Waals surface area contributed by atoms with Crippen LogP contribution in [0.2, 0.25) is 10.0 Å². The molecule has 0 heterocycles. The SMILES string of the molecule is CCCSP(=S)(OCC)Oc1ccc(Cl)cc1Cl.CNC(=O)/C=C(\C)OP(OC)OC. The smallest absolute Gasteiger partial charge is 0.396 e. The van der Waals surface area contributed by atoms with Crippen LogP contribution >= 0.6 is 48.9 Å². The molecule has 0 aliphatic carbocycles. The molecule has 0 aliphatic rings. The van der Waals surface area contributed by atoms with Crippen LogP contribution in [0.5, 0.6) is 5.75 Å². The third-order valence-corrected chi connectivity index (χ3v) is 9.93. The zero-order valence-corrected chi connectivity index (χ0v) is 23.3. The number of rotatable bonds is 12. The molecule has 0 radical (unpaired) electrons. The molecule has 7 nitrogen and oxygen atoms in total. The van der Waals surface area contributed by atoms with Gasteiger partial charge in [-0.3, -0.25) is 4.79 Å². The number of likely N-dealkylation sites (N-methyl/N-ethyl adjacent to an activating group) is 1. The molecule has 1 amide bonds. The van der Waals surface area contributed by atoms with Crippen molar-refractivity contribution in [3.63, 3.8) is 0 Å². The van der Waals surface area contributed by atoms with Crippen molar-refractivity contribution in [1.82, 2.24) is 5.32 Å². The second kappa shape index (κ2) is 17.4. The highest BCUT2D eigenvalue weighted by Crippen LogP contribution is 2.61. The van der Waals surface area contributed by atoms with Gasteiger partial charge in [0.2, 0.25) is 5.91 Å². The minimum atomic E-state index is -2.38. The highest BCUT2D eigenvalue weighted by atomic mass is 35.5. The van der Waals surface area contributed by atoms with Crippen molar-refractivity contribution in [2.75, 3.05) is 33.6 Å². The highest BCUT2D eigenvalue weighted by molar-refractivity contribution is 8.68. The van der Waals surface area contributed by atoms with Gasteiger partial charge in [-0.1, -0.05) is 41.5 Å². The lowest BCUT2D eigenvalue weighted by atomic mass is 10.3. The van der Waals surface area contributed by atoms with Crippen LogP contribution in [-0.4, -0.2) is 39.5 Å². The van der Waals surface area contributed by atoms with Gasteiger partial charge in [0, 0.05) is 38.1 Å². The van der Waals surface area contributed by atoms with E-state index in [0.29, 0.717) is 28.2 Å². The molecule has 178 valence electrons. The first-order chi connectivity index (χ1) is 14.6. The van der Waals surface area contributed by atoms with Crippen LogP contribution in [-0.2, 0) is 34.7 Å². The number of hydrogen-bond acceptors (Lipinski definition) is 8. The maximum absolute atomic E-state index is 10.8. The summed E-state index contributed by atoms with van der Waals surface area (Å²) in [6.45, 7) is 6.18. The molecule has 0 spiro atoms. The molecule has 31 heavy (non-hydrogen) atoms. The summed E-state index contributed by atoms with van der Waals surface area (Å²) in [5, 5.41) is 3.46. The molecule has 1 N–H and O–H groups in total. The van der Waals surface area contributed by atoms with Gasteiger partial charge in [-0.05, 0) is 50.3 Å². The number of benzene rings is 1. The zero-order chi connectivity index (χ0) is 23.9. The fraction of sp³-hybridized carbons (Fsp3) is 0.500. The third kappa shape index (κ3) is 13.9. The average Bonchev–Trinajstić information content (AvgIpc) is 2.73. The van der Waals surface area contributed by atoms with Crippen LogP contribution in [0.3, 0.4) is 0 Å². The van der Waals surface area contributed by atoms with Crippen LogP contribution in [0.4, 0.5) is 0 Å². The van der Waals surface area contributed by atoms with E-state index in [-0.39, 0.29) is 5.91 Å². The van der Waals surface area contributed by atoms with Crippen LogP contribution in [0, 0.1) is 0 Å². The van der Waals surface area contributed by atoms with E-state index in [1.165, 1.54) is 20.3 Å². The second-order valence-electron chi connectivity index (χ2n) is 5.41. The van der Waals surface area contributed by atoms with Gasteiger partial charge in [-0.25, -0.2) is 0 Å². The van der Waals surface area contributed by atoms with E-state index < -0.39 is 14.3 Å². The molecule has 1 aromatic carbocycles. The van der Waals surface area contributed by atoms with Crippen molar-refractivity contribution < 1.29 is 27.4 Å². The maximum Gasteiger partial charge on any atom is 0.396 e. The summed E-state index contributed by atoms with van der Waals surface area (Å²) >= 11 is 18.9. The lowest BCUT2D eigenvalue weighted by molar-refractivity contribution is -0.116. The number of carbonyl (C=O) groups excluding carboxylic acids is 1. The molecule has 1 rings (SSSR count). The van der Waals surface area contributed by atoms with Crippen LogP contribution in [0.1, 0.15) is 27.2 Å². The van der Waals surface area contributed by atoms with E-state index in [0.717, 1.165) is 12.2 Å². The number of carbonyl (C=O) groups is 1. The van der Waals surface area contributed by atoms with Crippen molar-refractivity contribution in [3.8, 4) is 5.75 Å². The summed E-state index contributed by atoms with van der Waals surface area (Å²) in [7, 11) is 3.11. The monoisotopic (exact) mass is 551 g/mol. The number of amides is 1. The molecule has 1 atom stereocenters. The Kier molecular flexibility index (Phi) is 17.4. The first-order valence-corrected chi connectivity index (χ1v) is 15.2. The van der Waals surface area contributed by atoms with Gasteiger partial charge in [0.15, 0.2) is 0 Å². The van der Waals surface area contributed by atoms with Gasteiger partial charge in [-0.15, -0.1) is 0 Å². The average molecular weight is 552 g/mol. The Labute approximate surface area is 205 Å². The Hall–Kier alpha value is -0.0800. The third-order valence-electron chi connectivity index (χ3n) is 2.94. The van der Waals surface area contributed by atoms with E-state index in [2.05, 4.69) is 12.2 Å². The molecule has 1 aromatic rings. The number of allylic oxidation sites excluding steroid dienone is 1. The van der Waals surface area contributed by atoms with Gasteiger partial charge in [-0.2, -0.15) is 0 Å². The first-order valence-electron chi connectivity index (χ1n) is 9.14. The summed E-state index contributed by atoms with van der Waals surface area (Å²) in [6, 6.07) is 5.07. The molecule has 0 aliphatic heterocycles. The van der Waals surface area contributed by atoms with Gasteiger partial charge in [0.05, 0.1) is 11.6 Å². The van der Waals surface area contributed by atoms with Gasteiger partial charge >= 0.3 is 8.60 Å². The minimum Gasteiger partial charge on any atom is -0.435 e. The quantitative estimate of drug-likeness (QED) is 0.170. The summed E-state index contributed by atoms with van der Waals surface area (Å²) in [4.78, 5) is 10.8. The summed E-state index contributed by atoms with van der Waals surface area (Å²) in [5.74, 6) is 1.66. The normalized spacial score (nSPS) is 13.1. The molecular weight excluding hydrogens is 523 g/mol. The summed E-state index contributed by atoms with van der Waals surface area (Å²) in [5.41, 5.74) is -2.38. The van der Waals surface area contributed by atoms with Gasteiger partial charge in [0.25, 0.3) is 5.69 Å². The van der Waals surface area contributed by atoms with Gasteiger partial charge < -0.3 is 27.9 Å². The Balaban J connectivity index is 0.000000615. The van der Waals surface area contributed by atoms with E-state index >= 15 is 0 Å². The molecule has 0 bridgehead atoms. The Morgan fingerprint density at radius 3 is 2.42 bits per heavy atom. The van der Waals surface area contributed by atoms with Crippen molar-refractivity contribution in [1.29, 1.82) is 0 Å². The van der Waals surface area contributed by atoms with E-state index in [9.17, 15) is 4.79 Å². The van der Waals surface area contributed by atoms with Crippen molar-refractivity contribution >= 4 is 66.6 Å². The lowest BCUT2D eigenvalue weighted by Gasteiger charge is -2.21. The first kappa shape index (κ1) is 30.9. The number of halogens is 2. The molecule has 0 aromatic heterocycles. The van der Waals surface area contributed by atoms with E-state index in [1.807, 2.05) is 6.92 Å². The Morgan fingerprint density at radius 1 is 1.29 bits per heavy atom. The second-order valence-corrected chi connectivity index (χ2v) is 14.0. The molecule has 0 saturated carbocycles. The molecular formula is C18H29Cl2NO6P2S2. The number of hydrogen-bond donors (Lipinski definition) is 1. The summed E-state index contributed by atoms with van der Waals surface area (Å²) < 4.78 is 26.2. The molecule has 1 unspecified atom stereocenters. The predicted molar refractivity (Wildman–Crippen MR) is 136 cm³/mol. The zero-order valence-electron chi connectivity index (χ0n) is 18.3. The summed E-state index contributed by atoms with van der Waals surface area (Å²) in [6.07, 6.45) is 2.35. The fourth-order valence-electron chi connectivity index (χ4n) is 1.67. The Bertz CT molecular complexity index is 754. The largest absolute Gasteiger partial charge is 0.435 e.